The van der Waals surface area contributed by atoms with Gasteiger partial charge in [0.05, 0.1) is 28.7 Å². The van der Waals surface area contributed by atoms with E-state index in [1.807, 2.05) is 0 Å². The molecule has 2 aromatic rings. The molecule has 0 unspecified atom stereocenters. The van der Waals surface area contributed by atoms with E-state index in [0.717, 1.165) is 18.2 Å². The van der Waals surface area contributed by atoms with Crippen LogP contribution in [0.2, 0.25) is 0 Å². The molecule has 0 bridgehead atoms. The van der Waals surface area contributed by atoms with Crippen molar-refractivity contribution in [2.45, 2.75) is 0 Å². The predicted octanol–water partition coefficient (Wildman–Crippen LogP) is 2.09. The minimum absolute atomic E-state index is 0.00398. The lowest BCUT2D eigenvalue weighted by Gasteiger charge is -2.10. The Morgan fingerprint density at radius 1 is 0.923 bits per heavy atom. The second kappa shape index (κ2) is 7.70. The van der Waals surface area contributed by atoms with Crippen LogP contribution in [0.1, 0.15) is 0 Å². The van der Waals surface area contributed by atoms with Crippen molar-refractivity contribution in [3.63, 3.8) is 0 Å². The van der Waals surface area contributed by atoms with Gasteiger partial charge in [-0.3, -0.25) is 29.8 Å². The lowest BCUT2D eigenvalue weighted by atomic mass is 10.2. The first-order valence-electron chi connectivity index (χ1n) is 7.01. The molecule has 11 nitrogen and oxygen atoms in total. The quantitative estimate of drug-likeness (QED) is 0.470. The summed E-state index contributed by atoms with van der Waals surface area (Å²) < 4.78 is 4.95. The number of anilines is 2. The number of carbonyl (C=O) groups is 2. The number of carbonyl (C=O) groups excluding carboxylic acids is 2. The van der Waals surface area contributed by atoms with Crippen LogP contribution in [-0.2, 0) is 9.59 Å². The predicted molar refractivity (Wildman–Crippen MR) is 90.0 cm³/mol. The SMILES string of the molecule is COc1cc([N+](=O)[O-])ccc1NC(=O)C(=O)Nc1cccc([N+](=O)[O-])c1. The topological polar surface area (TPSA) is 154 Å². The number of non-ortho nitro benzene ring substituents is 2. The summed E-state index contributed by atoms with van der Waals surface area (Å²) >= 11 is 0. The van der Waals surface area contributed by atoms with E-state index in [-0.39, 0.29) is 28.5 Å². The van der Waals surface area contributed by atoms with Crippen LogP contribution in [0.25, 0.3) is 0 Å². The molecule has 0 radical (unpaired) electrons. The molecule has 2 aromatic carbocycles. The lowest BCUT2D eigenvalue weighted by Crippen LogP contribution is -2.29. The summed E-state index contributed by atoms with van der Waals surface area (Å²) in [5.74, 6) is -2.16. The molecule has 2 N–H and O–H groups in total. The monoisotopic (exact) mass is 360 g/mol. The maximum absolute atomic E-state index is 12.0. The van der Waals surface area contributed by atoms with Crippen molar-refractivity contribution in [3.05, 3.63) is 62.7 Å². The number of nitro groups is 2. The summed E-state index contributed by atoms with van der Waals surface area (Å²) in [4.78, 5) is 44.1. The Kier molecular flexibility index (Phi) is 5.43. The third-order valence-electron chi connectivity index (χ3n) is 3.17. The van der Waals surface area contributed by atoms with Gasteiger partial charge in [-0.05, 0) is 12.1 Å². The van der Waals surface area contributed by atoms with Crippen LogP contribution in [-0.4, -0.2) is 28.8 Å². The zero-order valence-corrected chi connectivity index (χ0v) is 13.3. The summed E-state index contributed by atoms with van der Waals surface area (Å²) in [5.41, 5.74) is -0.381. The molecule has 134 valence electrons. The van der Waals surface area contributed by atoms with E-state index in [9.17, 15) is 29.8 Å². The van der Waals surface area contributed by atoms with Gasteiger partial charge in [0.25, 0.3) is 11.4 Å². The second-order valence-corrected chi connectivity index (χ2v) is 4.86. The number of amides is 2. The Bertz CT molecular complexity index is 897. The Balaban J connectivity index is 2.12. The summed E-state index contributed by atoms with van der Waals surface area (Å²) in [6.07, 6.45) is 0. The average molecular weight is 360 g/mol. The molecule has 0 spiro atoms. The minimum atomic E-state index is -1.08. The first kappa shape index (κ1) is 18.3. The van der Waals surface area contributed by atoms with Crippen LogP contribution in [0.15, 0.2) is 42.5 Å². The van der Waals surface area contributed by atoms with E-state index in [2.05, 4.69) is 10.6 Å². The van der Waals surface area contributed by atoms with Crippen LogP contribution in [0, 0.1) is 20.2 Å². The fourth-order valence-corrected chi connectivity index (χ4v) is 1.96. The van der Waals surface area contributed by atoms with E-state index in [1.165, 1.54) is 31.4 Å². The Morgan fingerprint density at radius 2 is 1.54 bits per heavy atom. The van der Waals surface area contributed by atoms with Gasteiger partial charge in [0.2, 0.25) is 0 Å². The Labute approximate surface area is 145 Å². The molecule has 11 heteroatoms. The van der Waals surface area contributed by atoms with E-state index in [4.69, 9.17) is 4.74 Å². The fourth-order valence-electron chi connectivity index (χ4n) is 1.96. The lowest BCUT2D eigenvalue weighted by molar-refractivity contribution is -0.385. The molecule has 0 aliphatic carbocycles. The van der Waals surface area contributed by atoms with Crippen LogP contribution in [0.5, 0.6) is 5.75 Å². The Hall–Kier alpha value is -4.02. The fraction of sp³-hybridized carbons (Fsp3) is 0.0667. The highest BCUT2D eigenvalue weighted by Crippen LogP contribution is 2.29. The summed E-state index contributed by atoms with van der Waals surface area (Å²) in [5, 5.41) is 25.9. The smallest absolute Gasteiger partial charge is 0.314 e. The molecular weight excluding hydrogens is 348 g/mol. The number of rotatable bonds is 5. The molecule has 0 aliphatic rings. The Morgan fingerprint density at radius 3 is 2.15 bits per heavy atom. The summed E-state index contributed by atoms with van der Waals surface area (Å²) in [7, 11) is 1.25. The van der Waals surface area contributed by atoms with Crippen LogP contribution >= 0.6 is 0 Å². The molecule has 2 rings (SSSR count). The first-order valence-corrected chi connectivity index (χ1v) is 7.01. The number of hydrogen-bond donors (Lipinski definition) is 2. The molecule has 0 aromatic heterocycles. The van der Waals surface area contributed by atoms with Crippen LogP contribution in [0.3, 0.4) is 0 Å². The van der Waals surface area contributed by atoms with Crippen LogP contribution in [0.4, 0.5) is 22.7 Å². The molecule has 26 heavy (non-hydrogen) atoms. The molecule has 0 heterocycles. The number of methoxy groups -OCH3 is 1. The van der Waals surface area contributed by atoms with Crippen molar-refractivity contribution in [1.82, 2.24) is 0 Å². The van der Waals surface area contributed by atoms with Gasteiger partial charge >= 0.3 is 11.8 Å². The molecule has 0 atom stereocenters. The van der Waals surface area contributed by atoms with E-state index in [0.29, 0.717) is 0 Å². The van der Waals surface area contributed by atoms with Crippen molar-refractivity contribution in [2.24, 2.45) is 0 Å². The maximum atomic E-state index is 12.0. The van der Waals surface area contributed by atoms with Crippen molar-refractivity contribution in [3.8, 4) is 5.75 Å². The summed E-state index contributed by atoms with van der Waals surface area (Å²) in [6.45, 7) is 0. The molecule has 0 fully saturated rings. The van der Waals surface area contributed by atoms with Crippen molar-refractivity contribution in [2.75, 3.05) is 17.7 Å². The average Bonchev–Trinajstić information content (AvgIpc) is 2.61. The number of nitrogens with zero attached hydrogens (tertiary/aromatic N) is 2. The van der Waals surface area contributed by atoms with Crippen molar-refractivity contribution < 1.29 is 24.2 Å². The van der Waals surface area contributed by atoms with E-state index < -0.39 is 21.7 Å². The molecule has 0 saturated carbocycles. The maximum Gasteiger partial charge on any atom is 0.314 e. The largest absolute Gasteiger partial charge is 0.494 e. The third-order valence-corrected chi connectivity index (χ3v) is 3.17. The minimum Gasteiger partial charge on any atom is -0.494 e. The van der Waals surface area contributed by atoms with Gasteiger partial charge in [0.15, 0.2) is 0 Å². The normalized spacial score (nSPS) is 9.88. The number of ether oxygens (including phenoxy) is 1. The molecule has 0 aliphatic heterocycles. The van der Waals surface area contributed by atoms with Gasteiger partial charge in [-0.25, -0.2) is 0 Å². The highest BCUT2D eigenvalue weighted by atomic mass is 16.6. The van der Waals surface area contributed by atoms with Gasteiger partial charge in [-0.2, -0.15) is 0 Å². The highest BCUT2D eigenvalue weighted by Gasteiger charge is 2.19. The van der Waals surface area contributed by atoms with Crippen LogP contribution < -0.4 is 15.4 Å². The van der Waals surface area contributed by atoms with Gasteiger partial charge in [0.1, 0.15) is 5.75 Å². The van der Waals surface area contributed by atoms with E-state index >= 15 is 0 Å². The van der Waals surface area contributed by atoms with Gasteiger partial charge < -0.3 is 15.4 Å². The third kappa shape index (κ3) is 4.29. The van der Waals surface area contributed by atoms with Crippen molar-refractivity contribution >= 4 is 34.6 Å². The number of nitrogens with one attached hydrogen (secondary N) is 2. The van der Waals surface area contributed by atoms with Gasteiger partial charge in [-0.1, -0.05) is 6.07 Å². The zero-order valence-electron chi connectivity index (χ0n) is 13.3. The van der Waals surface area contributed by atoms with Crippen molar-refractivity contribution in [1.29, 1.82) is 0 Å². The molecular formula is C15H12N4O7. The number of benzene rings is 2. The van der Waals surface area contributed by atoms with Gasteiger partial charge in [-0.15, -0.1) is 0 Å². The summed E-state index contributed by atoms with van der Waals surface area (Å²) in [6, 6.07) is 8.50. The first-order chi connectivity index (χ1) is 12.3. The number of hydrogen-bond acceptors (Lipinski definition) is 7. The standard InChI is InChI=1S/C15H12N4O7/c1-26-13-8-11(19(24)25)5-6-12(13)17-15(21)14(20)16-9-3-2-4-10(7-9)18(22)23/h2-8H,1H3,(H,16,20)(H,17,21). The molecule has 2 amide bonds. The zero-order chi connectivity index (χ0) is 19.3. The second-order valence-electron chi connectivity index (χ2n) is 4.86. The van der Waals surface area contributed by atoms with Gasteiger partial charge in [0, 0.05) is 23.9 Å². The number of nitro benzene ring substituents is 2. The van der Waals surface area contributed by atoms with E-state index in [1.54, 1.807) is 0 Å². The molecule has 0 saturated heterocycles. The highest BCUT2D eigenvalue weighted by molar-refractivity contribution is 6.43.